The maximum atomic E-state index is 11.1. The van der Waals surface area contributed by atoms with E-state index in [2.05, 4.69) is 4.52 Å². The van der Waals surface area contributed by atoms with Crippen molar-refractivity contribution in [2.24, 2.45) is 0 Å². The van der Waals surface area contributed by atoms with E-state index >= 15 is 0 Å². The van der Waals surface area contributed by atoms with Gasteiger partial charge in [-0.1, -0.05) is 0 Å². The second-order valence-corrected chi connectivity index (χ2v) is 4.30. The van der Waals surface area contributed by atoms with Crippen molar-refractivity contribution in [2.45, 2.75) is 6.42 Å². The minimum atomic E-state index is -2.77. The Balaban J connectivity index is 3.31. The van der Waals surface area contributed by atoms with Gasteiger partial charge in [0.2, 0.25) is 0 Å². The topological polar surface area (TPSA) is 44.8 Å². The van der Waals surface area contributed by atoms with Crippen LogP contribution >= 0.6 is 7.60 Å². The lowest BCUT2D eigenvalue weighted by atomic mass is 10.5. The van der Waals surface area contributed by atoms with Crippen molar-refractivity contribution in [3.63, 3.8) is 0 Å². The highest BCUT2D eigenvalue weighted by atomic mass is 31.2. The zero-order valence-corrected chi connectivity index (χ0v) is 8.10. The third-order valence-electron chi connectivity index (χ3n) is 1.15. The van der Waals surface area contributed by atoms with Crippen LogP contribution in [0.15, 0.2) is 0 Å². The highest BCUT2D eigenvalue weighted by Gasteiger charge is 2.12. The molecule has 0 saturated carbocycles. The van der Waals surface area contributed by atoms with Gasteiger partial charge in [-0.2, -0.15) is 0 Å². The summed E-state index contributed by atoms with van der Waals surface area (Å²) in [5.74, 6) is 0. The summed E-state index contributed by atoms with van der Waals surface area (Å²) in [7, 11) is 0.216. The smallest absolute Gasteiger partial charge is 0.327 e. The second-order valence-electron chi connectivity index (χ2n) is 2.13. The zero-order chi connectivity index (χ0) is 8.74. The fourth-order valence-electron chi connectivity index (χ4n) is 0.486. The van der Waals surface area contributed by atoms with Gasteiger partial charge in [-0.3, -0.25) is 4.57 Å². The lowest BCUT2D eigenvalue weighted by Crippen LogP contribution is -1.97. The first-order valence-electron chi connectivity index (χ1n) is 3.39. The van der Waals surface area contributed by atoms with Crippen molar-refractivity contribution < 1.29 is 18.3 Å². The van der Waals surface area contributed by atoms with E-state index in [9.17, 15) is 4.57 Å². The van der Waals surface area contributed by atoms with Crippen LogP contribution in [0.2, 0.25) is 0 Å². The number of hydrogen-bond donors (Lipinski definition) is 0. The van der Waals surface area contributed by atoms with Crippen LogP contribution in [0, 0.1) is 0 Å². The molecular formula is C6H15O4P. The summed E-state index contributed by atoms with van der Waals surface area (Å²) >= 11 is 0. The van der Waals surface area contributed by atoms with Gasteiger partial charge in [0.15, 0.2) is 0 Å². The third kappa shape index (κ3) is 6.51. The van der Waals surface area contributed by atoms with Crippen LogP contribution in [0.25, 0.3) is 0 Å². The van der Waals surface area contributed by atoms with Gasteiger partial charge in [0.05, 0.1) is 6.61 Å². The van der Waals surface area contributed by atoms with E-state index in [0.29, 0.717) is 13.2 Å². The number of rotatable bonds is 6. The number of hydrogen-bond acceptors (Lipinski definition) is 4. The molecule has 0 aliphatic heterocycles. The maximum absolute atomic E-state index is 11.1. The molecule has 0 N–H and O–H groups in total. The number of methoxy groups -OCH3 is 1. The molecule has 4 nitrogen and oxygen atoms in total. The van der Waals surface area contributed by atoms with E-state index < -0.39 is 7.60 Å². The summed E-state index contributed by atoms with van der Waals surface area (Å²) in [6.45, 7) is 2.47. The highest BCUT2D eigenvalue weighted by molar-refractivity contribution is 7.52. The zero-order valence-electron chi connectivity index (χ0n) is 7.20. The molecule has 0 aliphatic rings. The van der Waals surface area contributed by atoms with Crippen LogP contribution in [0.1, 0.15) is 6.42 Å². The molecule has 0 rings (SSSR count). The van der Waals surface area contributed by atoms with Crippen LogP contribution in [0.5, 0.6) is 0 Å². The minimum absolute atomic E-state index is 0.412. The molecule has 68 valence electrons. The highest BCUT2D eigenvalue weighted by Crippen LogP contribution is 2.42. The first kappa shape index (κ1) is 11.1. The summed E-state index contributed by atoms with van der Waals surface area (Å²) in [6.07, 6.45) is 0.734. The summed E-state index contributed by atoms with van der Waals surface area (Å²) in [5, 5.41) is 0. The Morgan fingerprint density at radius 3 is 2.36 bits per heavy atom. The first-order chi connectivity index (χ1) is 5.12. The maximum Gasteiger partial charge on any atom is 0.327 e. The van der Waals surface area contributed by atoms with Gasteiger partial charge < -0.3 is 13.8 Å². The molecule has 0 bridgehead atoms. The van der Waals surface area contributed by atoms with Gasteiger partial charge in [0.25, 0.3) is 0 Å². The Bertz CT molecular complexity index is 137. The Hall–Kier alpha value is 0.110. The molecule has 0 aliphatic carbocycles. The van der Waals surface area contributed by atoms with E-state index in [1.54, 1.807) is 7.11 Å². The fraction of sp³-hybridized carbons (Fsp3) is 1.00. The third-order valence-corrected chi connectivity index (χ3v) is 2.47. The fourth-order valence-corrected chi connectivity index (χ4v) is 1.05. The molecule has 11 heavy (non-hydrogen) atoms. The Kier molecular flexibility index (Phi) is 5.78. The molecule has 0 heterocycles. The van der Waals surface area contributed by atoms with Gasteiger partial charge in [-0.05, 0) is 6.42 Å². The Labute approximate surface area is 67.4 Å². The van der Waals surface area contributed by atoms with Gasteiger partial charge in [-0.25, -0.2) is 0 Å². The van der Waals surface area contributed by atoms with Gasteiger partial charge in [-0.15, -0.1) is 0 Å². The summed E-state index contributed by atoms with van der Waals surface area (Å²) in [6, 6.07) is 0. The predicted octanol–water partition coefficient (Wildman–Crippen LogP) is 1.51. The van der Waals surface area contributed by atoms with Crippen molar-refractivity contribution in [2.75, 3.05) is 34.1 Å². The SMILES string of the molecule is COCCCOP(C)(=O)OC. The molecule has 0 amide bonds. The predicted molar refractivity (Wildman–Crippen MR) is 43.0 cm³/mol. The Morgan fingerprint density at radius 1 is 1.27 bits per heavy atom. The van der Waals surface area contributed by atoms with E-state index in [-0.39, 0.29) is 0 Å². The molecule has 0 saturated heterocycles. The summed E-state index contributed by atoms with van der Waals surface area (Å²) in [4.78, 5) is 0. The molecule has 0 aromatic rings. The average molecular weight is 182 g/mol. The minimum Gasteiger partial charge on any atom is -0.385 e. The quantitative estimate of drug-likeness (QED) is 0.461. The molecule has 1 atom stereocenters. The molecular weight excluding hydrogens is 167 g/mol. The molecule has 0 spiro atoms. The van der Waals surface area contributed by atoms with Crippen LogP contribution < -0.4 is 0 Å². The summed E-state index contributed by atoms with van der Waals surface area (Å²) < 4.78 is 25.4. The van der Waals surface area contributed by atoms with Crippen LogP contribution in [-0.2, 0) is 18.3 Å². The molecule has 0 aromatic heterocycles. The van der Waals surface area contributed by atoms with Crippen molar-refractivity contribution in [3.8, 4) is 0 Å². The van der Waals surface area contributed by atoms with Crippen LogP contribution in [0.4, 0.5) is 0 Å². The van der Waals surface area contributed by atoms with Gasteiger partial charge in [0.1, 0.15) is 0 Å². The molecule has 0 aromatic carbocycles. The largest absolute Gasteiger partial charge is 0.385 e. The van der Waals surface area contributed by atoms with E-state index in [1.165, 1.54) is 13.8 Å². The lowest BCUT2D eigenvalue weighted by molar-refractivity contribution is 0.163. The first-order valence-corrected chi connectivity index (χ1v) is 5.38. The van der Waals surface area contributed by atoms with Crippen molar-refractivity contribution >= 4 is 7.60 Å². The van der Waals surface area contributed by atoms with Crippen molar-refractivity contribution in [3.05, 3.63) is 0 Å². The molecule has 5 heteroatoms. The van der Waals surface area contributed by atoms with Gasteiger partial charge in [0, 0.05) is 27.5 Å². The van der Waals surface area contributed by atoms with E-state index in [0.717, 1.165) is 6.42 Å². The summed E-state index contributed by atoms with van der Waals surface area (Å²) in [5.41, 5.74) is 0. The van der Waals surface area contributed by atoms with Gasteiger partial charge >= 0.3 is 7.60 Å². The van der Waals surface area contributed by atoms with Crippen molar-refractivity contribution in [1.29, 1.82) is 0 Å². The number of ether oxygens (including phenoxy) is 1. The van der Waals surface area contributed by atoms with E-state index in [1.807, 2.05) is 0 Å². The van der Waals surface area contributed by atoms with E-state index in [4.69, 9.17) is 9.26 Å². The molecule has 0 radical (unpaired) electrons. The Morgan fingerprint density at radius 2 is 1.91 bits per heavy atom. The molecule has 0 fully saturated rings. The average Bonchev–Trinajstić information content (AvgIpc) is 1.99. The van der Waals surface area contributed by atoms with Crippen LogP contribution in [-0.4, -0.2) is 34.1 Å². The standard InChI is InChI=1S/C6H15O4P/c1-8-5-4-6-10-11(3,7)9-2/h4-6H2,1-3H3. The monoisotopic (exact) mass is 182 g/mol. The molecule has 1 unspecified atom stereocenters. The van der Waals surface area contributed by atoms with Crippen molar-refractivity contribution in [1.82, 2.24) is 0 Å². The van der Waals surface area contributed by atoms with Crippen LogP contribution in [0.3, 0.4) is 0 Å². The second kappa shape index (κ2) is 5.72. The lowest BCUT2D eigenvalue weighted by Gasteiger charge is -2.10. The normalized spacial score (nSPS) is 16.3.